The first-order valence-corrected chi connectivity index (χ1v) is 7.33. The van der Waals surface area contributed by atoms with Crippen LogP contribution in [0, 0.1) is 5.92 Å². The van der Waals surface area contributed by atoms with E-state index in [1.165, 1.54) is 45.3 Å². The summed E-state index contributed by atoms with van der Waals surface area (Å²) in [6.07, 6.45) is 7.11. The second-order valence-electron chi connectivity index (χ2n) is 6.18. The summed E-state index contributed by atoms with van der Waals surface area (Å²) in [5.74, 6) is 0.693. The third kappa shape index (κ3) is 4.23. The van der Waals surface area contributed by atoms with Gasteiger partial charge in [0.2, 0.25) is 0 Å². The van der Waals surface area contributed by atoms with Gasteiger partial charge in [-0.2, -0.15) is 0 Å². The highest BCUT2D eigenvalue weighted by Crippen LogP contribution is 2.28. The van der Waals surface area contributed by atoms with Crippen molar-refractivity contribution in [2.75, 3.05) is 32.7 Å². The molecule has 2 N–H and O–H groups in total. The molecule has 0 aromatic heterocycles. The van der Waals surface area contributed by atoms with E-state index in [0.29, 0.717) is 5.92 Å². The second-order valence-corrected chi connectivity index (χ2v) is 6.18. The lowest BCUT2D eigenvalue weighted by Gasteiger charge is -2.25. The first kappa shape index (κ1) is 13.3. The van der Waals surface area contributed by atoms with Crippen LogP contribution in [0.4, 0.5) is 0 Å². The summed E-state index contributed by atoms with van der Waals surface area (Å²) in [6.45, 7) is 7.92. The van der Waals surface area contributed by atoms with E-state index in [-0.39, 0.29) is 0 Å². The van der Waals surface area contributed by atoms with Gasteiger partial charge in [0.15, 0.2) is 0 Å². The molecule has 1 aliphatic heterocycles. The van der Waals surface area contributed by atoms with Crippen LogP contribution in [-0.2, 0) is 0 Å². The van der Waals surface area contributed by atoms with Crippen LogP contribution in [0.15, 0.2) is 0 Å². The fourth-order valence-electron chi connectivity index (χ4n) is 3.23. The Bertz CT molecular complexity index is 220. The highest BCUT2D eigenvalue weighted by Gasteiger charge is 2.30. The van der Waals surface area contributed by atoms with Gasteiger partial charge in [-0.15, -0.1) is 0 Å². The van der Waals surface area contributed by atoms with E-state index < -0.39 is 5.60 Å². The van der Waals surface area contributed by atoms with Crippen LogP contribution in [0.3, 0.4) is 0 Å². The molecule has 0 amide bonds. The zero-order chi connectivity index (χ0) is 12.1. The molecule has 1 saturated heterocycles. The standard InChI is InChI=1S/C14H28N2O/c1-13(11-16-8-4-5-9-16)10-15-12-14(17)6-2-3-7-14/h13,15,17H,2-12H2,1H3. The molecule has 3 nitrogen and oxygen atoms in total. The zero-order valence-electron chi connectivity index (χ0n) is 11.2. The van der Waals surface area contributed by atoms with Crippen molar-refractivity contribution >= 4 is 0 Å². The number of hydrogen-bond donors (Lipinski definition) is 2. The Morgan fingerprint density at radius 3 is 2.47 bits per heavy atom. The van der Waals surface area contributed by atoms with Crippen LogP contribution in [0.5, 0.6) is 0 Å². The monoisotopic (exact) mass is 240 g/mol. The maximum absolute atomic E-state index is 10.2. The highest BCUT2D eigenvalue weighted by atomic mass is 16.3. The van der Waals surface area contributed by atoms with Gasteiger partial charge in [0.25, 0.3) is 0 Å². The van der Waals surface area contributed by atoms with Gasteiger partial charge in [-0.25, -0.2) is 0 Å². The molecule has 1 unspecified atom stereocenters. The van der Waals surface area contributed by atoms with Gasteiger partial charge in [0.05, 0.1) is 5.60 Å². The van der Waals surface area contributed by atoms with E-state index in [1.807, 2.05) is 0 Å². The average Bonchev–Trinajstić information content (AvgIpc) is 2.90. The van der Waals surface area contributed by atoms with Crippen molar-refractivity contribution in [1.29, 1.82) is 0 Å². The van der Waals surface area contributed by atoms with Crippen molar-refractivity contribution in [3.63, 3.8) is 0 Å². The van der Waals surface area contributed by atoms with E-state index in [9.17, 15) is 5.11 Å². The summed E-state index contributed by atoms with van der Waals surface area (Å²) < 4.78 is 0. The van der Waals surface area contributed by atoms with Crippen LogP contribution in [0.2, 0.25) is 0 Å². The molecule has 1 aliphatic carbocycles. The summed E-state index contributed by atoms with van der Waals surface area (Å²) >= 11 is 0. The van der Waals surface area contributed by atoms with Gasteiger partial charge in [-0.1, -0.05) is 19.8 Å². The SMILES string of the molecule is CC(CNCC1(O)CCCC1)CN1CCCC1. The Morgan fingerprint density at radius 2 is 1.82 bits per heavy atom. The molecule has 17 heavy (non-hydrogen) atoms. The third-order valence-electron chi connectivity index (χ3n) is 4.25. The number of hydrogen-bond acceptors (Lipinski definition) is 3. The number of likely N-dealkylation sites (tertiary alicyclic amines) is 1. The van der Waals surface area contributed by atoms with Gasteiger partial charge >= 0.3 is 0 Å². The molecular formula is C14H28N2O. The fraction of sp³-hybridized carbons (Fsp3) is 1.00. The van der Waals surface area contributed by atoms with E-state index in [1.54, 1.807) is 0 Å². The molecule has 0 aromatic rings. The molecule has 2 rings (SSSR count). The summed E-state index contributed by atoms with van der Waals surface area (Å²) in [5.41, 5.74) is -0.395. The molecule has 1 heterocycles. The molecule has 3 heteroatoms. The van der Waals surface area contributed by atoms with Gasteiger partial charge < -0.3 is 15.3 Å². The van der Waals surface area contributed by atoms with E-state index >= 15 is 0 Å². The lowest BCUT2D eigenvalue weighted by Crippen LogP contribution is -2.41. The Morgan fingerprint density at radius 1 is 1.18 bits per heavy atom. The predicted octanol–water partition coefficient (Wildman–Crippen LogP) is 1.61. The summed E-state index contributed by atoms with van der Waals surface area (Å²) in [4.78, 5) is 2.57. The normalized spacial score (nSPS) is 26.5. The number of rotatable bonds is 6. The van der Waals surface area contributed by atoms with Gasteiger partial charge in [-0.3, -0.25) is 0 Å². The minimum Gasteiger partial charge on any atom is -0.389 e. The zero-order valence-corrected chi connectivity index (χ0v) is 11.2. The van der Waals surface area contributed by atoms with E-state index in [0.717, 1.165) is 25.9 Å². The molecule has 0 radical (unpaired) electrons. The smallest absolute Gasteiger partial charge is 0.0771 e. The lowest BCUT2D eigenvalue weighted by atomic mass is 10.0. The molecular weight excluding hydrogens is 212 g/mol. The van der Waals surface area contributed by atoms with Crippen LogP contribution >= 0.6 is 0 Å². The topological polar surface area (TPSA) is 35.5 Å². The van der Waals surface area contributed by atoms with Crippen molar-refractivity contribution in [3.05, 3.63) is 0 Å². The summed E-state index contributed by atoms with van der Waals surface area (Å²) in [7, 11) is 0. The fourth-order valence-corrected chi connectivity index (χ4v) is 3.23. The van der Waals surface area contributed by atoms with Crippen LogP contribution in [-0.4, -0.2) is 48.3 Å². The second kappa shape index (κ2) is 6.17. The average molecular weight is 240 g/mol. The van der Waals surface area contributed by atoms with Crippen molar-refractivity contribution in [2.45, 2.75) is 51.0 Å². The molecule has 2 aliphatic rings. The Balaban J connectivity index is 1.57. The van der Waals surface area contributed by atoms with Crippen molar-refractivity contribution in [1.82, 2.24) is 10.2 Å². The van der Waals surface area contributed by atoms with Crippen LogP contribution in [0.1, 0.15) is 45.4 Å². The largest absolute Gasteiger partial charge is 0.389 e. The lowest BCUT2D eigenvalue weighted by molar-refractivity contribution is 0.0467. The van der Waals surface area contributed by atoms with Crippen LogP contribution in [0.25, 0.3) is 0 Å². The van der Waals surface area contributed by atoms with Crippen molar-refractivity contribution < 1.29 is 5.11 Å². The maximum Gasteiger partial charge on any atom is 0.0771 e. The summed E-state index contributed by atoms with van der Waals surface area (Å²) in [5, 5.41) is 13.7. The molecule has 2 fully saturated rings. The number of nitrogens with one attached hydrogen (secondary N) is 1. The highest BCUT2D eigenvalue weighted by molar-refractivity contribution is 4.86. The van der Waals surface area contributed by atoms with Gasteiger partial charge in [0.1, 0.15) is 0 Å². The molecule has 0 spiro atoms. The molecule has 0 bridgehead atoms. The predicted molar refractivity (Wildman–Crippen MR) is 71.1 cm³/mol. The minimum absolute atomic E-state index is 0.395. The third-order valence-corrected chi connectivity index (χ3v) is 4.25. The van der Waals surface area contributed by atoms with Crippen molar-refractivity contribution in [3.8, 4) is 0 Å². The quantitative estimate of drug-likeness (QED) is 0.740. The first-order valence-electron chi connectivity index (χ1n) is 7.33. The van der Waals surface area contributed by atoms with Gasteiger partial charge in [0, 0.05) is 13.1 Å². The molecule has 1 saturated carbocycles. The number of aliphatic hydroxyl groups is 1. The number of nitrogens with zero attached hydrogens (tertiary/aromatic N) is 1. The Labute approximate surface area is 106 Å². The minimum atomic E-state index is -0.395. The van der Waals surface area contributed by atoms with E-state index in [2.05, 4.69) is 17.1 Å². The Hall–Kier alpha value is -0.120. The van der Waals surface area contributed by atoms with Gasteiger partial charge in [-0.05, 0) is 51.2 Å². The summed E-state index contributed by atoms with van der Waals surface area (Å²) in [6, 6.07) is 0. The molecule has 1 atom stereocenters. The first-order chi connectivity index (χ1) is 8.18. The molecule has 100 valence electrons. The van der Waals surface area contributed by atoms with Crippen LogP contribution < -0.4 is 5.32 Å². The Kier molecular flexibility index (Phi) is 4.83. The van der Waals surface area contributed by atoms with E-state index in [4.69, 9.17) is 0 Å². The molecule has 0 aromatic carbocycles. The van der Waals surface area contributed by atoms with Crippen molar-refractivity contribution in [2.24, 2.45) is 5.92 Å². The maximum atomic E-state index is 10.2.